The van der Waals surface area contributed by atoms with Crippen molar-refractivity contribution in [3.8, 4) is 0 Å². The first kappa shape index (κ1) is 26.6. The Hall–Kier alpha value is -3.01. The van der Waals surface area contributed by atoms with Crippen LogP contribution in [0.1, 0.15) is 33.6 Å². The van der Waals surface area contributed by atoms with Crippen molar-refractivity contribution in [2.75, 3.05) is 19.7 Å². The molecule has 1 saturated heterocycles. The quantitative estimate of drug-likeness (QED) is 0.320. The van der Waals surface area contributed by atoms with Crippen LogP contribution in [0, 0.1) is 10.1 Å². The molecule has 3 rings (SSSR count). The molecule has 0 saturated carbocycles. The van der Waals surface area contributed by atoms with Crippen molar-refractivity contribution < 1.29 is 24.0 Å². The molecule has 1 aliphatic rings. The average Bonchev–Trinajstić information content (AvgIpc) is 2.82. The summed E-state index contributed by atoms with van der Waals surface area (Å²) in [6, 6.07) is 20.5. The summed E-state index contributed by atoms with van der Waals surface area (Å²) in [5.74, 6) is 0. The summed E-state index contributed by atoms with van der Waals surface area (Å²) < 4.78 is 13.2. The minimum absolute atomic E-state index is 0.205. The van der Waals surface area contributed by atoms with Crippen molar-refractivity contribution in [1.82, 2.24) is 4.90 Å². The maximum absolute atomic E-state index is 11.8. The van der Waals surface area contributed by atoms with Gasteiger partial charge in [0.25, 0.3) is 8.32 Å². The molecule has 0 spiro atoms. The molecule has 1 amide bonds. The number of amides is 1. The Bertz CT molecular complexity index is 970. The van der Waals surface area contributed by atoms with E-state index in [9.17, 15) is 20.0 Å². The summed E-state index contributed by atoms with van der Waals surface area (Å²) in [4.78, 5) is 23.2. The van der Waals surface area contributed by atoms with Crippen LogP contribution in [0.4, 0.5) is 4.79 Å². The number of allylic oxidation sites excluding steroid dienone is 1. The van der Waals surface area contributed by atoms with Gasteiger partial charge in [-0.15, -0.1) is 0 Å². The number of benzene rings is 2. The number of hydrogen-bond acceptors (Lipinski definition) is 5. The number of nitrogens with zero attached hydrogens (tertiary/aromatic N) is 2. The second-order valence-corrected chi connectivity index (χ2v) is 14.1. The predicted molar refractivity (Wildman–Crippen MR) is 137 cm³/mol. The Balaban J connectivity index is 1.86. The van der Waals surface area contributed by atoms with Crippen LogP contribution >= 0.6 is 0 Å². The minimum Gasteiger partial charge on any atom is -0.465 e. The molecule has 2 atom stereocenters. The first-order chi connectivity index (χ1) is 16.6. The minimum atomic E-state index is -2.78. The summed E-state index contributed by atoms with van der Waals surface area (Å²) in [6.07, 6.45) is 1.49. The molecule has 0 radical (unpaired) electrons. The monoisotopic (exact) mass is 498 g/mol. The molecule has 2 aromatic rings. The van der Waals surface area contributed by atoms with Crippen molar-refractivity contribution in [1.29, 1.82) is 0 Å². The van der Waals surface area contributed by atoms with Gasteiger partial charge < -0.3 is 19.2 Å². The van der Waals surface area contributed by atoms with Gasteiger partial charge in [0.05, 0.1) is 36.8 Å². The maximum atomic E-state index is 11.8. The molecule has 0 bridgehead atoms. The van der Waals surface area contributed by atoms with Gasteiger partial charge >= 0.3 is 6.09 Å². The summed E-state index contributed by atoms with van der Waals surface area (Å²) in [6.45, 7) is 7.27. The normalized spacial score (nSPS) is 19.1. The van der Waals surface area contributed by atoms with Gasteiger partial charge in [0.15, 0.2) is 0 Å². The molecular weight excluding hydrogens is 464 g/mol. The number of hydrogen-bond donors (Lipinski definition) is 1. The van der Waals surface area contributed by atoms with Crippen LogP contribution in [0.25, 0.3) is 0 Å². The lowest BCUT2D eigenvalue weighted by atomic mass is 10.1. The van der Waals surface area contributed by atoms with Crippen molar-refractivity contribution in [3.05, 3.63) is 83.1 Å². The third-order valence-electron chi connectivity index (χ3n) is 6.29. The molecule has 8 nitrogen and oxygen atoms in total. The molecule has 1 aliphatic heterocycles. The Morgan fingerprint density at radius 2 is 1.66 bits per heavy atom. The van der Waals surface area contributed by atoms with Crippen molar-refractivity contribution in [2.45, 2.75) is 50.9 Å². The Labute approximate surface area is 207 Å². The number of carboxylic acid groups (broad SMARTS) is 1. The zero-order chi connectivity index (χ0) is 25.5. The molecule has 188 valence electrons. The van der Waals surface area contributed by atoms with Gasteiger partial charge in [-0.3, -0.25) is 10.1 Å². The van der Waals surface area contributed by atoms with Gasteiger partial charge in [-0.05, 0) is 34.3 Å². The van der Waals surface area contributed by atoms with E-state index in [0.717, 1.165) is 16.6 Å². The van der Waals surface area contributed by atoms with Gasteiger partial charge in [0.2, 0.25) is 6.20 Å². The second kappa shape index (κ2) is 11.6. The van der Waals surface area contributed by atoms with Crippen molar-refractivity contribution in [3.63, 3.8) is 0 Å². The molecule has 35 heavy (non-hydrogen) atoms. The number of morpholine rings is 1. The molecule has 1 fully saturated rings. The lowest BCUT2D eigenvalue weighted by Crippen LogP contribution is -2.67. The number of ether oxygens (including phenoxy) is 1. The second-order valence-electron chi connectivity index (χ2n) is 9.79. The topological polar surface area (TPSA) is 102 Å². The van der Waals surface area contributed by atoms with Gasteiger partial charge in [0, 0.05) is 0 Å². The van der Waals surface area contributed by atoms with E-state index in [2.05, 4.69) is 45.0 Å². The fourth-order valence-electron chi connectivity index (χ4n) is 4.75. The average molecular weight is 499 g/mol. The van der Waals surface area contributed by atoms with Crippen LogP contribution in [0.2, 0.25) is 5.04 Å². The SMILES string of the molecule is CC(C)(C)[Si](OC[C@@H]1CN(C(=O)O)CC(CC/C=C/[N+](=O)[O-])O1)(c1ccccc1)c1ccccc1. The lowest BCUT2D eigenvalue weighted by Gasteiger charge is -2.45. The van der Waals surface area contributed by atoms with Gasteiger partial charge in [0.1, 0.15) is 0 Å². The summed E-state index contributed by atoms with van der Waals surface area (Å²) >= 11 is 0. The van der Waals surface area contributed by atoms with Crippen LogP contribution in [0.15, 0.2) is 72.9 Å². The molecule has 0 aliphatic carbocycles. The van der Waals surface area contributed by atoms with E-state index in [0.29, 0.717) is 12.8 Å². The Morgan fingerprint density at radius 3 is 2.14 bits per heavy atom. The molecule has 9 heteroatoms. The van der Waals surface area contributed by atoms with E-state index in [1.54, 1.807) is 0 Å². The van der Waals surface area contributed by atoms with E-state index in [4.69, 9.17) is 9.16 Å². The maximum Gasteiger partial charge on any atom is 0.407 e. The van der Waals surface area contributed by atoms with Gasteiger partial charge in [-0.25, -0.2) is 4.79 Å². The van der Waals surface area contributed by atoms with Crippen LogP contribution < -0.4 is 10.4 Å². The zero-order valence-corrected chi connectivity index (χ0v) is 21.5. The Morgan fingerprint density at radius 1 is 1.11 bits per heavy atom. The smallest absolute Gasteiger partial charge is 0.407 e. The van der Waals surface area contributed by atoms with Crippen molar-refractivity contribution >= 4 is 24.8 Å². The third-order valence-corrected chi connectivity index (χ3v) is 11.3. The molecule has 2 aromatic carbocycles. The van der Waals surface area contributed by atoms with E-state index in [1.807, 2.05) is 36.4 Å². The fraction of sp³-hybridized carbons (Fsp3) is 0.423. The van der Waals surface area contributed by atoms with E-state index >= 15 is 0 Å². The largest absolute Gasteiger partial charge is 0.465 e. The number of rotatable bonds is 9. The Kier molecular flexibility index (Phi) is 8.82. The first-order valence-electron chi connectivity index (χ1n) is 11.8. The fourth-order valence-corrected chi connectivity index (χ4v) is 9.35. The molecule has 1 heterocycles. The molecule has 1 N–H and O–H groups in total. The summed E-state index contributed by atoms with van der Waals surface area (Å²) in [5.41, 5.74) is 0. The zero-order valence-electron chi connectivity index (χ0n) is 20.5. The van der Waals surface area contributed by atoms with E-state index in [1.165, 1.54) is 11.0 Å². The molecule has 0 aromatic heterocycles. The highest BCUT2D eigenvalue weighted by Gasteiger charge is 2.50. The number of nitro groups is 1. The van der Waals surface area contributed by atoms with Crippen molar-refractivity contribution in [2.24, 2.45) is 0 Å². The summed E-state index contributed by atoms with van der Waals surface area (Å²) in [5, 5.41) is 22.3. The van der Waals surface area contributed by atoms with Gasteiger partial charge in [-0.2, -0.15) is 0 Å². The molecule has 1 unspecified atom stereocenters. The van der Waals surface area contributed by atoms with Crippen LogP contribution in [-0.2, 0) is 9.16 Å². The lowest BCUT2D eigenvalue weighted by molar-refractivity contribution is -0.402. The van der Waals surface area contributed by atoms with E-state index < -0.39 is 25.4 Å². The predicted octanol–water partition coefficient (Wildman–Crippen LogP) is 3.88. The third kappa shape index (κ3) is 6.56. The highest BCUT2D eigenvalue weighted by Crippen LogP contribution is 2.37. The summed E-state index contributed by atoms with van der Waals surface area (Å²) in [7, 11) is -2.78. The highest BCUT2D eigenvalue weighted by molar-refractivity contribution is 6.99. The number of carbonyl (C=O) groups is 1. The van der Waals surface area contributed by atoms with Crippen LogP contribution in [-0.4, -0.2) is 61.2 Å². The molecular formula is C26H34N2O6Si. The first-order valence-corrected chi connectivity index (χ1v) is 13.7. The standard InChI is InChI=1S/C26H34N2O6Si/c1-26(2,3)35(23-13-6-4-7-14-23,24-15-8-5-9-16-24)33-20-22-19-27(25(29)30)18-21(34-22)12-10-11-17-28(31)32/h4-9,11,13-17,21-22H,10,12,18-20H2,1-3H3,(H,29,30)/b17-11+/t21?,22-/m0/s1. The van der Waals surface area contributed by atoms with Crippen LogP contribution in [0.5, 0.6) is 0 Å². The van der Waals surface area contributed by atoms with Gasteiger partial charge in [-0.1, -0.05) is 81.4 Å². The highest BCUT2D eigenvalue weighted by atomic mass is 28.4. The van der Waals surface area contributed by atoms with E-state index in [-0.39, 0.29) is 30.8 Å². The van der Waals surface area contributed by atoms with Crippen LogP contribution in [0.3, 0.4) is 0 Å².